The van der Waals surface area contributed by atoms with Gasteiger partial charge in [0, 0.05) is 6.42 Å². The molecule has 0 unspecified atom stereocenters. The molecule has 0 bridgehead atoms. The molecule has 1 aliphatic rings. The first-order chi connectivity index (χ1) is 14.5. The fourth-order valence-corrected chi connectivity index (χ4v) is 3.57. The third-order valence-electron chi connectivity index (χ3n) is 5.01. The summed E-state index contributed by atoms with van der Waals surface area (Å²) in [5, 5.41) is 8.88. The second-order valence-corrected chi connectivity index (χ2v) is 9.62. The molecule has 2 amide bonds. The average Bonchev–Trinajstić information content (AvgIpc) is 3.21. The van der Waals surface area contributed by atoms with Gasteiger partial charge >= 0.3 is 5.97 Å². The van der Waals surface area contributed by atoms with E-state index in [0.29, 0.717) is 12.8 Å². The Morgan fingerprint density at radius 1 is 1.10 bits per heavy atom. The van der Waals surface area contributed by atoms with E-state index in [1.54, 1.807) is 20.8 Å². The molecule has 1 aromatic carbocycles. The highest BCUT2D eigenvalue weighted by atomic mass is 16.6. The number of carbonyl (C=O) groups excluding carboxylic acids is 3. The summed E-state index contributed by atoms with van der Waals surface area (Å²) in [5.74, 6) is -0.850. The van der Waals surface area contributed by atoms with E-state index < -0.39 is 23.7 Å². The van der Waals surface area contributed by atoms with Gasteiger partial charge < -0.3 is 20.7 Å². The van der Waals surface area contributed by atoms with Gasteiger partial charge in [0.1, 0.15) is 17.7 Å². The van der Waals surface area contributed by atoms with Crippen LogP contribution < -0.4 is 16.0 Å². The number of esters is 1. The summed E-state index contributed by atoms with van der Waals surface area (Å²) in [6, 6.07) is 7.68. The number of ether oxygens (including phenoxy) is 1. The number of hydrogen-bond donors (Lipinski definition) is 3. The molecule has 172 valence electrons. The molecule has 2 rings (SSSR count). The molecule has 7 nitrogen and oxygen atoms in total. The summed E-state index contributed by atoms with van der Waals surface area (Å²) in [4.78, 5) is 38.6. The number of carbonyl (C=O) groups is 3. The van der Waals surface area contributed by atoms with Gasteiger partial charge in [-0.05, 0) is 58.1 Å². The van der Waals surface area contributed by atoms with Gasteiger partial charge in [-0.1, -0.05) is 44.2 Å². The normalized spacial score (nSPS) is 18.3. The molecule has 0 aliphatic carbocycles. The summed E-state index contributed by atoms with van der Waals surface area (Å²) in [6.07, 6.45) is 2.48. The lowest BCUT2D eigenvalue weighted by Crippen LogP contribution is -2.55. The van der Waals surface area contributed by atoms with Gasteiger partial charge in [0.2, 0.25) is 11.8 Å². The number of hydrogen-bond acceptors (Lipinski definition) is 5. The second kappa shape index (κ2) is 11.3. The van der Waals surface area contributed by atoms with E-state index in [1.165, 1.54) is 0 Å². The highest BCUT2D eigenvalue weighted by Gasteiger charge is 2.32. The average molecular weight is 432 g/mol. The largest absolute Gasteiger partial charge is 0.458 e. The number of benzene rings is 1. The summed E-state index contributed by atoms with van der Waals surface area (Å²) in [7, 11) is 0. The van der Waals surface area contributed by atoms with Crippen molar-refractivity contribution < 1.29 is 19.1 Å². The third kappa shape index (κ3) is 8.69. The van der Waals surface area contributed by atoms with Gasteiger partial charge in [0.05, 0.1) is 6.04 Å². The van der Waals surface area contributed by atoms with Gasteiger partial charge in [-0.15, -0.1) is 0 Å². The smallest absolute Gasteiger partial charge is 0.329 e. The van der Waals surface area contributed by atoms with E-state index in [2.05, 4.69) is 16.0 Å². The maximum absolute atomic E-state index is 13.2. The molecule has 1 aromatic rings. The van der Waals surface area contributed by atoms with Crippen molar-refractivity contribution in [3.63, 3.8) is 0 Å². The Hall–Kier alpha value is -2.41. The summed E-state index contributed by atoms with van der Waals surface area (Å²) < 4.78 is 5.51. The van der Waals surface area contributed by atoms with Crippen molar-refractivity contribution >= 4 is 17.8 Å². The lowest BCUT2D eigenvalue weighted by molar-refractivity contribution is -0.159. The second-order valence-electron chi connectivity index (χ2n) is 9.62. The Morgan fingerprint density at radius 3 is 2.32 bits per heavy atom. The molecule has 31 heavy (non-hydrogen) atoms. The maximum Gasteiger partial charge on any atom is 0.329 e. The SMILES string of the molecule is CC(C)C[C@H](NC(=O)[C@H](Cc1ccccc1)NC(=O)[C@@H]1CCCN1)C(=O)OC(C)(C)C. The summed E-state index contributed by atoms with van der Waals surface area (Å²) in [5.41, 5.74) is 0.281. The van der Waals surface area contributed by atoms with Crippen LogP contribution in [-0.2, 0) is 25.5 Å². The Morgan fingerprint density at radius 2 is 1.77 bits per heavy atom. The zero-order valence-corrected chi connectivity index (χ0v) is 19.4. The highest BCUT2D eigenvalue weighted by Crippen LogP contribution is 2.14. The first-order valence-electron chi connectivity index (χ1n) is 11.2. The van der Waals surface area contributed by atoms with Crippen LogP contribution in [0.15, 0.2) is 30.3 Å². The van der Waals surface area contributed by atoms with Crippen LogP contribution in [0.5, 0.6) is 0 Å². The van der Waals surface area contributed by atoms with Crippen molar-refractivity contribution in [1.82, 2.24) is 16.0 Å². The minimum Gasteiger partial charge on any atom is -0.458 e. The molecule has 0 aromatic heterocycles. The molecule has 3 atom stereocenters. The predicted octanol–water partition coefficient (Wildman–Crippen LogP) is 2.34. The van der Waals surface area contributed by atoms with Gasteiger partial charge in [0.25, 0.3) is 0 Å². The third-order valence-corrected chi connectivity index (χ3v) is 5.01. The molecule has 7 heteroatoms. The first kappa shape index (κ1) is 24.9. The Labute approximate surface area is 185 Å². The van der Waals surface area contributed by atoms with Crippen LogP contribution in [0.1, 0.15) is 59.4 Å². The van der Waals surface area contributed by atoms with Gasteiger partial charge in [-0.3, -0.25) is 9.59 Å². The molecule has 3 N–H and O–H groups in total. The van der Waals surface area contributed by atoms with Crippen molar-refractivity contribution in [2.24, 2.45) is 5.92 Å². The molecular weight excluding hydrogens is 394 g/mol. The molecule has 0 radical (unpaired) electrons. The van der Waals surface area contributed by atoms with E-state index in [9.17, 15) is 14.4 Å². The minimum absolute atomic E-state index is 0.183. The molecular formula is C24H37N3O4. The molecule has 0 saturated carbocycles. The van der Waals surface area contributed by atoms with E-state index in [4.69, 9.17) is 4.74 Å². The maximum atomic E-state index is 13.2. The lowest BCUT2D eigenvalue weighted by atomic mass is 10.0. The van der Waals surface area contributed by atoms with Crippen molar-refractivity contribution in [3.05, 3.63) is 35.9 Å². The van der Waals surface area contributed by atoms with E-state index in [-0.39, 0.29) is 23.8 Å². The number of nitrogens with one attached hydrogen (secondary N) is 3. The van der Waals surface area contributed by atoms with E-state index >= 15 is 0 Å². The van der Waals surface area contributed by atoms with Crippen molar-refractivity contribution in [3.8, 4) is 0 Å². The summed E-state index contributed by atoms with van der Waals surface area (Å²) >= 11 is 0. The van der Waals surface area contributed by atoms with Gasteiger partial charge in [-0.2, -0.15) is 0 Å². The quantitative estimate of drug-likeness (QED) is 0.522. The Balaban J connectivity index is 2.15. The van der Waals surface area contributed by atoms with Crippen LogP contribution in [0, 0.1) is 5.92 Å². The predicted molar refractivity (Wildman–Crippen MR) is 120 cm³/mol. The van der Waals surface area contributed by atoms with Crippen LogP contribution in [-0.4, -0.2) is 48.1 Å². The fraction of sp³-hybridized carbons (Fsp3) is 0.625. The molecule has 1 aliphatic heterocycles. The van der Waals surface area contributed by atoms with Crippen molar-refractivity contribution in [2.75, 3.05) is 6.54 Å². The van der Waals surface area contributed by atoms with E-state index in [0.717, 1.165) is 24.9 Å². The highest BCUT2D eigenvalue weighted by molar-refractivity contribution is 5.92. The number of rotatable bonds is 9. The number of amides is 2. The van der Waals surface area contributed by atoms with Gasteiger partial charge in [0.15, 0.2) is 0 Å². The van der Waals surface area contributed by atoms with Crippen LogP contribution in [0.25, 0.3) is 0 Å². The molecule has 0 spiro atoms. The van der Waals surface area contributed by atoms with Gasteiger partial charge in [-0.25, -0.2) is 4.79 Å². The van der Waals surface area contributed by atoms with Crippen LogP contribution in [0.2, 0.25) is 0 Å². The topological polar surface area (TPSA) is 96.5 Å². The van der Waals surface area contributed by atoms with Crippen molar-refractivity contribution in [2.45, 2.75) is 84.0 Å². The molecule has 1 saturated heterocycles. The lowest BCUT2D eigenvalue weighted by Gasteiger charge is -2.27. The first-order valence-corrected chi connectivity index (χ1v) is 11.2. The standard InChI is InChI=1S/C24H37N3O4/c1-16(2)14-20(23(30)31-24(3,4)5)27-22(29)19(15-17-10-7-6-8-11-17)26-21(28)18-12-9-13-25-18/h6-8,10-11,16,18-20,25H,9,12-15H2,1-5H3,(H,26,28)(H,27,29)/t18-,19-,20-/m0/s1. The molecule has 1 heterocycles. The minimum atomic E-state index is -0.783. The van der Waals surface area contributed by atoms with E-state index in [1.807, 2.05) is 44.2 Å². The molecule has 1 fully saturated rings. The fourth-order valence-electron chi connectivity index (χ4n) is 3.57. The summed E-state index contributed by atoms with van der Waals surface area (Å²) in [6.45, 7) is 10.2. The Bertz CT molecular complexity index is 737. The van der Waals surface area contributed by atoms with Crippen LogP contribution >= 0.6 is 0 Å². The van der Waals surface area contributed by atoms with Crippen LogP contribution in [0.3, 0.4) is 0 Å². The zero-order chi connectivity index (χ0) is 23.0. The zero-order valence-electron chi connectivity index (χ0n) is 19.4. The van der Waals surface area contributed by atoms with Crippen molar-refractivity contribution in [1.29, 1.82) is 0 Å². The van der Waals surface area contributed by atoms with Crippen LogP contribution in [0.4, 0.5) is 0 Å². The monoisotopic (exact) mass is 431 g/mol. The Kier molecular flexibility index (Phi) is 9.04.